The molecule has 1 aromatic heterocycles. The third-order valence-corrected chi connectivity index (χ3v) is 3.41. The first-order valence-corrected chi connectivity index (χ1v) is 6.90. The Kier molecular flexibility index (Phi) is 4.79. The minimum Gasteiger partial charge on any atom is -0.459 e. The van der Waals surface area contributed by atoms with Crippen molar-refractivity contribution in [3.63, 3.8) is 0 Å². The molecular formula is C14H20N2O4. The Morgan fingerprint density at radius 1 is 1.60 bits per heavy atom. The van der Waals surface area contributed by atoms with E-state index < -0.39 is 12.1 Å². The summed E-state index contributed by atoms with van der Waals surface area (Å²) in [6.07, 6.45) is 2.97. The minimum absolute atomic E-state index is 0.164. The average Bonchev–Trinajstić information content (AvgIpc) is 3.08. The highest BCUT2D eigenvalue weighted by atomic mass is 16.3. The first-order chi connectivity index (χ1) is 9.59. The van der Waals surface area contributed by atoms with Gasteiger partial charge in [0.05, 0.1) is 12.4 Å². The number of furan rings is 1. The highest BCUT2D eigenvalue weighted by Gasteiger charge is 2.35. The van der Waals surface area contributed by atoms with Crippen molar-refractivity contribution < 1.29 is 19.1 Å². The maximum atomic E-state index is 12.2. The third-order valence-electron chi connectivity index (χ3n) is 3.41. The van der Waals surface area contributed by atoms with Crippen LogP contribution in [0.5, 0.6) is 0 Å². The van der Waals surface area contributed by atoms with Gasteiger partial charge >= 0.3 is 0 Å². The fourth-order valence-corrected chi connectivity index (χ4v) is 2.35. The zero-order valence-electron chi connectivity index (χ0n) is 11.5. The van der Waals surface area contributed by atoms with E-state index in [1.54, 1.807) is 24.0 Å². The maximum absolute atomic E-state index is 12.2. The maximum Gasteiger partial charge on any atom is 0.290 e. The average molecular weight is 280 g/mol. The summed E-state index contributed by atoms with van der Waals surface area (Å²) < 4.78 is 5.09. The number of aliphatic hydroxyl groups is 1. The number of carbonyl (C=O) groups is 2. The second-order valence-electron chi connectivity index (χ2n) is 5.06. The summed E-state index contributed by atoms with van der Waals surface area (Å²) in [5, 5.41) is 11.9. The van der Waals surface area contributed by atoms with Crippen LogP contribution in [-0.4, -0.2) is 47.1 Å². The number of likely N-dealkylation sites (tertiary alicyclic amines) is 1. The Balaban J connectivity index is 1.93. The van der Waals surface area contributed by atoms with Crippen molar-refractivity contribution in [2.75, 3.05) is 13.1 Å². The second kappa shape index (κ2) is 6.56. The molecule has 1 aliphatic rings. The van der Waals surface area contributed by atoms with Gasteiger partial charge in [0.15, 0.2) is 5.76 Å². The largest absolute Gasteiger partial charge is 0.459 e. The number of hydrogen-bond donors (Lipinski definition) is 2. The number of carbonyl (C=O) groups excluding carboxylic acids is 2. The van der Waals surface area contributed by atoms with E-state index in [4.69, 9.17) is 9.52 Å². The molecule has 2 unspecified atom stereocenters. The molecule has 110 valence electrons. The Morgan fingerprint density at radius 2 is 2.40 bits per heavy atom. The van der Waals surface area contributed by atoms with E-state index in [0.29, 0.717) is 25.9 Å². The van der Waals surface area contributed by atoms with E-state index in [9.17, 15) is 9.59 Å². The Hall–Kier alpha value is -1.82. The molecule has 0 aromatic carbocycles. The number of aliphatic hydroxyl groups excluding tert-OH is 1. The molecule has 2 amide bonds. The van der Waals surface area contributed by atoms with Gasteiger partial charge in [0.2, 0.25) is 5.91 Å². The molecule has 0 radical (unpaired) electrons. The van der Waals surface area contributed by atoms with Crippen molar-refractivity contribution in [1.29, 1.82) is 0 Å². The molecule has 2 atom stereocenters. The Morgan fingerprint density at radius 3 is 3.05 bits per heavy atom. The van der Waals surface area contributed by atoms with Crippen LogP contribution in [0.3, 0.4) is 0 Å². The van der Waals surface area contributed by atoms with Crippen LogP contribution in [0, 0.1) is 0 Å². The van der Waals surface area contributed by atoms with Crippen LogP contribution in [0.15, 0.2) is 22.8 Å². The van der Waals surface area contributed by atoms with Crippen molar-refractivity contribution in [1.82, 2.24) is 10.2 Å². The normalized spacial score (nSPS) is 19.9. The van der Waals surface area contributed by atoms with Crippen LogP contribution in [0.2, 0.25) is 0 Å². The van der Waals surface area contributed by atoms with Crippen LogP contribution >= 0.6 is 0 Å². The van der Waals surface area contributed by atoms with Gasteiger partial charge in [0.25, 0.3) is 5.91 Å². The molecule has 20 heavy (non-hydrogen) atoms. The Bertz CT molecular complexity index is 456. The number of rotatable bonds is 5. The van der Waals surface area contributed by atoms with Gasteiger partial charge < -0.3 is 19.7 Å². The van der Waals surface area contributed by atoms with E-state index in [1.807, 2.05) is 0 Å². The molecule has 1 aliphatic heterocycles. The number of nitrogens with zero attached hydrogens (tertiary/aromatic N) is 1. The van der Waals surface area contributed by atoms with Gasteiger partial charge in [0, 0.05) is 13.1 Å². The molecule has 6 heteroatoms. The van der Waals surface area contributed by atoms with Gasteiger partial charge in [-0.25, -0.2) is 0 Å². The lowest BCUT2D eigenvalue weighted by Gasteiger charge is -2.23. The van der Waals surface area contributed by atoms with E-state index in [2.05, 4.69) is 5.32 Å². The Labute approximate surface area is 117 Å². The summed E-state index contributed by atoms with van der Waals surface area (Å²) in [7, 11) is 0. The fraction of sp³-hybridized carbons (Fsp3) is 0.571. The van der Waals surface area contributed by atoms with Crippen molar-refractivity contribution in [2.24, 2.45) is 0 Å². The molecule has 2 rings (SSSR count). The summed E-state index contributed by atoms with van der Waals surface area (Å²) in [5.74, 6) is -0.153. The van der Waals surface area contributed by atoms with Gasteiger partial charge in [0.1, 0.15) is 6.04 Å². The molecule has 1 aromatic rings. The monoisotopic (exact) mass is 280 g/mol. The summed E-state index contributed by atoms with van der Waals surface area (Å²) in [4.78, 5) is 25.9. The zero-order chi connectivity index (χ0) is 14.5. The molecule has 6 nitrogen and oxygen atoms in total. The van der Waals surface area contributed by atoms with E-state index >= 15 is 0 Å². The predicted octanol–water partition coefficient (Wildman–Crippen LogP) is 0.771. The molecule has 1 fully saturated rings. The highest BCUT2D eigenvalue weighted by Crippen LogP contribution is 2.20. The van der Waals surface area contributed by atoms with Crippen LogP contribution in [-0.2, 0) is 4.79 Å². The van der Waals surface area contributed by atoms with Crippen molar-refractivity contribution >= 4 is 11.8 Å². The summed E-state index contributed by atoms with van der Waals surface area (Å²) in [6.45, 7) is 2.65. The summed E-state index contributed by atoms with van der Waals surface area (Å²) in [5.41, 5.74) is 0. The van der Waals surface area contributed by atoms with Crippen LogP contribution < -0.4 is 5.32 Å². The van der Waals surface area contributed by atoms with Crippen LogP contribution in [0.25, 0.3) is 0 Å². The van der Waals surface area contributed by atoms with Gasteiger partial charge in [-0.1, -0.05) is 0 Å². The molecule has 2 heterocycles. The SMILES string of the molecule is CC(O)CCNC(=O)C1CCCN1C(=O)c1ccco1. The lowest BCUT2D eigenvalue weighted by Crippen LogP contribution is -2.46. The van der Waals surface area contributed by atoms with Crippen molar-refractivity contribution in [3.05, 3.63) is 24.2 Å². The molecule has 0 spiro atoms. The standard InChI is InChI=1S/C14H20N2O4/c1-10(17)6-7-15-13(18)11-4-2-8-16(11)14(19)12-5-3-9-20-12/h3,5,9-11,17H,2,4,6-8H2,1H3,(H,15,18). The number of nitrogens with one attached hydrogen (secondary N) is 1. The topological polar surface area (TPSA) is 82.8 Å². The zero-order valence-corrected chi connectivity index (χ0v) is 11.5. The molecule has 0 bridgehead atoms. The first-order valence-electron chi connectivity index (χ1n) is 6.90. The first kappa shape index (κ1) is 14.6. The van der Waals surface area contributed by atoms with Gasteiger partial charge in [-0.05, 0) is 38.3 Å². The van der Waals surface area contributed by atoms with E-state index in [1.165, 1.54) is 6.26 Å². The molecule has 2 N–H and O–H groups in total. The predicted molar refractivity (Wildman–Crippen MR) is 72.1 cm³/mol. The van der Waals surface area contributed by atoms with E-state index in [0.717, 1.165) is 6.42 Å². The van der Waals surface area contributed by atoms with Crippen molar-refractivity contribution in [2.45, 2.75) is 38.3 Å². The van der Waals surface area contributed by atoms with Gasteiger partial charge in [-0.15, -0.1) is 0 Å². The molecule has 1 saturated heterocycles. The molecule has 0 aliphatic carbocycles. The molecule has 0 saturated carbocycles. The fourth-order valence-electron chi connectivity index (χ4n) is 2.35. The number of amides is 2. The second-order valence-corrected chi connectivity index (χ2v) is 5.06. The van der Waals surface area contributed by atoms with E-state index in [-0.39, 0.29) is 17.6 Å². The summed E-state index contributed by atoms with van der Waals surface area (Å²) in [6, 6.07) is 2.81. The quantitative estimate of drug-likeness (QED) is 0.834. The number of hydrogen-bond acceptors (Lipinski definition) is 4. The van der Waals surface area contributed by atoms with Gasteiger partial charge in [-0.3, -0.25) is 9.59 Å². The van der Waals surface area contributed by atoms with Crippen LogP contribution in [0.4, 0.5) is 0 Å². The smallest absolute Gasteiger partial charge is 0.290 e. The van der Waals surface area contributed by atoms with Crippen LogP contribution in [0.1, 0.15) is 36.7 Å². The van der Waals surface area contributed by atoms with Crippen molar-refractivity contribution in [3.8, 4) is 0 Å². The third kappa shape index (κ3) is 3.39. The summed E-state index contributed by atoms with van der Waals surface area (Å²) >= 11 is 0. The highest BCUT2D eigenvalue weighted by molar-refractivity contribution is 5.95. The lowest BCUT2D eigenvalue weighted by atomic mass is 10.2. The molecular weight excluding hydrogens is 260 g/mol. The minimum atomic E-state index is -0.445. The van der Waals surface area contributed by atoms with Gasteiger partial charge in [-0.2, -0.15) is 0 Å². The lowest BCUT2D eigenvalue weighted by molar-refractivity contribution is -0.124.